The van der Waals surface area contributed by atoms with Crippen LogP contribution in [0.2, 0.25) is 0 Å². The Hall–Kier alpha value is -2.60. The first-order valence-electron chi connectivity index (χ1n) is 8.52. The summed E-state index contributed by atoms with van der Waals surface area (Å²) in [4.78, 5) is 12.8. The molecule has 1 amide bonds. The quantitative estimate of drug-likeness (QED) is 0.723. The van der Waals surface area contributed by atoms with E-state index in [2.05, 4.69) is 12.2 Å². The van der Waals surface area contributed by atoms with Crippen molar-refractivity contribution in [3.8, 4) is 0 Å². The summed E-state index contributed by atoms with van der Waals surface area (Å²) < 4.78 is 29.7. The van der Waals surface area contributed by atoms with Crippen molar-refractivity contribution in [3.63, 3.8) is 0 Å². The number of sulfone groups is 1. The molecular formula is C20H21NO4S. The van der Waals surface area contributed by atoms with Crippen LogP contribution in [0.4, 0.5) is 5.69 Å². The maximum absolute atomic E-state index is 12.6. The molecule has 0 saturated carbocycles. The van der Waals surface area contributed by atoms with Crippen molar-refractivity contribution in [1.29, 1.82) is 0 Å². The summed E-state index contributed by atoms with van der Waals surface area (Å²) in [5.74, 6) is -0.160. The number of carbonyl (C=O) groups excluding carboxylic acids is 1. The molecule has 136 valence electrons. The Bertz CT molecular complexity index is 1080. The second-order valence-corrected chi connectivity index (χ2v) is 8.40. The Morgan fingerprint density at radius 1 is 1.12 bits per heavy atom. The van der Waals surface area contributed by atoms with E-state index in [0.29, 0.717) is 11.3 Å². The second kappa shape index (κ2) is 6.96. The zero-order valence-electron chi connectivity index (χ0n) is 15.0. The zero-order chi connectivity index (χ0) is 18.9. The fourth-order valence-corrected chi connectivity index (χ4v) is 3.75. The van der Waals surface area contributed by atoms with E-state index in [9.17, 15) is 13.2 Å². The highest BCUT2D eigenvalue weighted by molar-refractivity contribution is 7.91. The topological polar surface area (TPSA) is 76.4 Å². The fraction of sp³-hybridized carbons (Fsp3) is 0.250. The van der Waals surface area contributed by atoms with Gasteiger partial charge in [0.15, 0.2) is 15.6 Å². The molecular weight excluding hydrogens is 350 g/mol. The molecule has 6 heteroatoms. The van der Waals surface area contributed by atoms with Crippen LogP contribution in [0.25, 0.3) is 11.0 Å². The molecule has 0 atom stereocenters. The highest BCUT2D eigenvalue weighted by atomic mass is 32.2. The van der Waals surface area contributed by atoms with Gasteiger partial charge in [0.2, 0.25) is 0 Å². The van der Waals surface area contributed by atoms with Gasteiger partial charge in [-0.25, -0.2) is 8.42 Å². The molecule has 1 aromatic heterocycles. The van der Waals surface area contributed by atoms with Crippen molar-refractivity contribution in [3.05, 3.63) is 59.4 Å². The van der Waals surface area contributed by atoms with Gasteiger partial charge in [-0.15, -0.1) is 0 Å². The van der Waals surface area contributed by atoms with Gasteiger partial charge in [0, 0.05) is 16.6 Å². The molecule has 0 bridgehead atoms. The minimum Gasteiger partial charge on any atom is -0.451 e. The maximum Gasteiger partial charge on any atom is 0.291 e. The largest absolute Gasteiger partial charge is 0.451 e. The highest BCUT2D eigenvalue weighted by Gasteiger charge is 2.19. The molecule has 1 heterocycles. The lowest BCUT2D eigenvalue weighted by Crippen LogP contribution is -2.13. The van der Waals surface area contributed by atoms with E-state index in [1.807, 2.05) is 25.1 Å². The van der Waals surface area contributed by atoms with Gasteiger partial charge in [0.05, 0.1) is 10.6 Å². The van der Waals surface area contributed by atoms with Crippen LogP contribution in [0.1, 0.15) is 35.5 Å². The number of hydrogen-bond acceptors (Lipinski definition) is 4. The number of anilines is 1. The molecule has 2 aromatic carbocycles. The van der Waals surface area contributed by atoms with E-state index >= 15 is 0 Å². The molecule has 0 spiro atoms. The number of benzene rings is 2. The van der Waals surface area contributed by atoms with Crippen molar-refractivity contribution in [2.75, 3.05) is 11.1 Å². The molecule has 26 heavy (non-hydrogen) atoms. The number of hydrogen-bond donors (Lipinski definition) is 1. The SMILES string of the molecule is CCc1ccc2oc(C(=O)Nc3cccc(S(=O)(=O)CC)c3)c(C)c2c1. The Balaban J connectivity index is 1.93. The Morgan fingerprint density at radius 3 is 2.58 bits per heavy atom. The number of aryl methyl sites for hydroxylation is 2. The monoisotopic (exact) mass is 371 g/mol. The summed E-state index contributed by atoms with van der Waals surface area (Å²) in [5.41, 5.74) is 3.02. The Morgan fingerprint density at radius 2 is 1.88 bits per heavy atom. The van der Waals surface area contributed by atoms with Gasteiger partial charge < -0.3 is 9.73 Å². The molecule has 0 unspecified atom stereocenters. The van der Waals surface area contributed by atoms with E-state index in [0.717, 1.165) is 17.4 Å². The van der Waals surface area contributed by atoms with E-state index in [4.69, 9.17) is 4.42 Å². The van der Waals surface area contributed by atoms with Gasteiger partial charge in [-0.1, -0.05) is 26.0 Å². The van der Waals surface area contributed by atoms with Crippen LogP contribution in [0, 0.1) is 6.92 Å². The Labute approximate surface area is 152 Å². The van der Waals surface area contributed by atoms with Gasteiger partial charge >= 0.3 is 0 Å². The minimum atomic E-state index is -3.33. The summed E-state index contributed by atoms with van der Waals surface area (Å²) in [5, 5.41) is 3.64. The van der Waals surface area contributed by atoms with E-state index in [-0.39, 0.29) is 16.4 Å². The summed E-state index contributed by atoms with van der Waals surface area (Å²) in [6.07, 6.45) is 0.904. The second-order valence-electron chi connectivity index (χ2n) is 6.13. The molecule has 5 nitrogen and oxygen atoms in total. The lowest BCUT2D eigenvalue weighted by atomic mass is 10.1. The van der Waals surface area contributed by atoms with Gasteiger partial charge in [0.1, 0.15) is 5.58 Å². The highest BCUT2D eigenvalue weighted by Crippen LogP contribution is 2.27. The van der Waals surface area contributed by atoms with Crippen LogP contribution in [0.3, 0.4) is 0 Å². The van der Waals surface area contributed by atoms with E-state index < -0.39 is 15.7 Å². The smallest absolute Gasteiger partial charge is 0.291 e. The summed E-state index contributed by atoms with van der Waals surface area (Å²) >= 11 is 0. The van der Waals surface area contributed by atoms with Crippen LogP contribution in [0.15, 0.2) is 51.8 Å². The molecule has 0 fully saturated rings. The molecule has 0 aliphatic carbocycles. The molecule has 1 N–H and O–H groups in total. The van der Waals surface area contributed by atoms with Crippen molar-refractivity contribution >= 4 is 32.4 Å². The first kappa shape index (κ1) is 18.2. The summed E-state index contributed by atoms with van der Waals surface area (Å²) in [6.45, 7) is 5.50. The predicted molar refractivity (Wildman–Crippen MR) is 102 cm³/mol. The molecule has 0 aliphatic rings. The predicted octanol–water partition coefficient (Wildman–Crippen LogP) is 4.35. The number of furan rings is 1. The van der Waals surface area contributed by atoms with Gasteiger partial charge in [0.25, 0.3) is 5.91 Å². The van der Waals surface area contributed by atoms with Crippen molar-refractivity contribution in [2.45, 2.75) is 32.1 Å². The first-order chi connectivity index (χ1) is 12.4. The molecule has 0 saturated heterocycles. The van der Waals surface area contributed by atoms with Gasteiger partial charge in [-0.3, -0.25) is 4.79 Å². The maximum atomic E-state index is 12.6. The van der Waals surface area contributed by atoms with Gasteiger partial charge in [-0.05, 0) is 49.2 Å². The Kier molecular flexibility index (Phi) is 4.87. The fourth-order valence-electron chi connectivity index (χ4n) is 2.83. The van der Waals surface area contributed by atoms with Gasteiger partial charge in [-0.2, -0.15) is 0 Å². The summed E-state index contributed by atoms with van der Waals surface area (Å²) in [7, 11) is -3.33. The lowest BCUT2D eigenvalue weighted by molar-refractivity contribution is 0.0998. The first-order valence-corrected chi connectivity index (χ1v) is 10.2. The number of nitrogens with one attached hydrogen (secondary N) is 1. The van der Waals surface area contributed by atoms with Crippen LogP contribution in [0.5, 0.6) is 0 Å². The number of carbonyl (C=O) groups is 1. The van der Waals surface area contributed by atoms with Crippen molar-refractivity contribution in [1.82, 2.24) is 0 Å². The standard InChI is InChI=1S/C20H21NO4S/c1-4-14-9-10-18-17(11-14)13(3)19(25-18)20(22)21-15-7-6-8-16(12-15)26(23,24)5-2/h6-12H,4-5H2,1-3H3,(H,21,22). The van der Waals surface area contributed by atoms with Crippen LogP contribution < -0.4 is 5.32 Å². The van der Waals surface area contributed by atoms with E-state index in [1.54, 1.807) is 19.1 Å². The summed E-state index contributed by atoms with van der Waals surface area (Å²) in [6, 6.07) is 12.1. The van der Waals surface area contributed by atoms with E-state index in [1.165, 1.54) is 17.7 Å². The minimum absolute atomic E-state index is 0.00679. The lowest BCUT2D eigenvalue weighted by Gasteiger charge is -2.07. The third kappa shape index (κ3) is 3.37. The number of amides is 1. The molecule has 3 rings (SSSR count). The number of fused-ring (bicyclic) bond motifs is 1. The zero-order valence-corrected chi connectivity index (χ0v) is 15.8. The molecule has 0 aliphatic heterocycles. The number of rotatable bonds is 5. The van der Waals surface area contributed by atoms with Crippen molar-refractivity contribution in [2.24, 2.45) is 0 Å². The third-order valence-corrected chi connectivity index (χ3v) is 6.18. The van der Waals surface area contributed by atoms with Crippen LogP contribution >= 0.6 is 0 Å². The normalized spacial score (nSPS) is 11.7. The molecule has 3 aromatic rings. The molecule has 0 radical (unpaired) electrons. The average Bonchev–Trinajstić information content (AvgIpc) is 2.98. The van der Waals surface area contributed by atoms with Crippen LogP contribution in [-0.4, -0.2) is 20.1 Å². The van der Waals surface area contributed by atoms with Crippen molar-refractivity contribution < 1.29 is 17.6 Å². The van der Waals surface area contributed by atoms with Crippen LogP contribution in [-0.2, 0) is 16.3 Å². The third-order valence-electron chi connectivity index (χ3n) is 4.45. The average molecular weight is 371 g/mol.